The third kappa shape index (κ3) is 4.88. The van der Waals surface area contributed by atoms with Crippen molar-refractivity contribution >= 4 is 34.9 Å². The predicted octanol–water partition coefficient (Wildman–Crippen LogP) is 2.39. The van der Waals surface area contributed by atoms with Crippen LogP contribution in [0.1, 0.15) is 29.7 Å². The van der Waals surface area contributed by atoms with E-state index in [1.165, 1.54) is 4.90 Å². The lowest BCUT2D eigenvalue weighted by Crippen LogP contribution is -2.58. The number of ether oxygens (including phenoxy) is 1. The number of piperazine rings is 1. The van der Waals surface area contributed by atoms with E-state index >= 15 is 0 Å². The van der Waals surface area contributed by atoms with Gasteiger partial charge in [0.2, 0.25) is 5.91 Å². The monoisotopic (exact) mass is 601 g/mol. The highest BCUT2D eigenvalue weighted by atomic mass is 35.5. The van der Waals surface area contributed by atoms with E-state index in [9.17, 15) is 18.4 Å². The van der Waals surface area contributed by atoms with Crippen LogP contribution in [0.4, 0.5) is 20.3 Å². The number of halogens is 3. The van der Waals surface area contributed by atoms with E-state index in [0.29, 0.717) is 61.0 Å². The molecule has 4 atom stereocenters. The molecule has 1 spiro atoms. The number of rotatable bonds is 6. The summed E-state index contributed by atoms with van der Waals surface area (Å²) >= 11 is 6.50. The number of alkyl halides is 1. The quantitative estimate of drug-likeness (QED) is 0.485. The van der Waals surface area contributed by atoms with Gasteiger partial charge in [0, 0.05) is 50.2 Å². The van der Waals surface area contributed by atoms with Crippen molar-refractivity contribution in [3.63, 3.8) is 0 Å². The summed E-state index contributed by atoms with van der Waals surface area (Å²) in [6, 6.07) is 5.13. The first-order valence-electron chi connectivity index (χ1n) is 14.2. The number of aromatic nitrogens is 2. The van der Waals surface area contributed by atoms with E-state index in [0.717, 1.165) is 11.1 Å². The van der Waals surface area contributed by atoms with Gasteiger partial charge in [-0.2, -0.15) is 9.97 Å². The first-order chi connectivity index (χ1) is 20.1. The Morgan fingerprint density at radius 2 is 2.10 bits per heavy atom. The number of nitrogens with two attached hydrogens (primary N) is 1. The minimum absolute atomic E-state index is 0.0948. The van der Waals surface area contributed by atoms with Crippen LogP contribution in [-0.4, -0.2) is 96.2 Å². The van der Waals surface area contributed by atoms with Gasteiger partial charge in [-0.25, -0.2) is 8.78 Å². The fourth-order valence-corrected chi connectivity index (χ4v) is 7.09. The van der Waals surface area contributed by atoms with E-state index in [-0.39, 0.29) is 44.2 Å². The molecule has 1 aromatic heterocycles. The molecule has 4 heterocycles. The number of fused-ring (bicyclic) bond motifs is 3. The molecule has 3 N–H and O–H groups in total. The van der Waals surface area contributed by atoms with Crippen molar-refractivity contribution in [3.05, 3.63) is 52.4 Å². The Morgan fingerprint density at radius 3 is 2.81 bits per heavy atom. The zero-order valence-electron chi connectivity index (χ0n) is 23.4. The summed E-state index contributed by atoms with van der Waals surface area (Å²) in [5.41, 5.74) is 8.10. The summed E-state index contributed by atoms with van der Waals surface area (Å²) in [5, 5.41) is 3.73. The third-order valence-corrected chi connectivity index (χ3v) is 9.47. The molecule has 42 heavy (non-hydrogen) atoms. The number of nitrogens with zero attached hydrogens (tertiary/aromatic N) is 5. The molecule has 1 unspecified atom stereocenters. The van der Waals surface area contributed by atoms with Gasteiger partial charge in [0.25, 0.3) is 5.91 Å². The highest BCUT2D eigenvalue weighted by Gasteiger charge is 2.50. The molecule has 0 radical (unpaired) electrons. The van der Waals surface area contributed by atoms with Crippen molar-refractivity contribution in [2.45, 2.75) is 49.4 Å². The zero-order valence-corrected chi connectivity index (χ0v) is 24.2. The van der Waals surface area contributed by atoms with Gasteiger partial charge in [0.15, 0.2) is 11.6 Å². The van der Waals surface area contributed by atoms with Crippen LogP contribution in [0.2, 0.25) is 5.02 Å². The van der Waals surface area contributed by atoms with E-state index in [1.807, 2.05) is 35.0 Å². The number of likely N-dealkylation sites (N-methyl/N-ethyl adjacent to an activating group) is 1. The average molecular weight is 602 g/mol. The van der Waals surface area contributed by atoms with Crippen molar-refractivity contribution in [2.75, 3.05) is 56.6 Å². The van der Waals surface area contributed by atoms with E-state index < -0.39 is 29.4 Å². The Kier molecular flexibility index (Phi) is 7.57. The third-order valence-electron chi connectivity index (χ3n) is 9.11. The first-order valence-corrected chi connectivity index (χ1v) is 14.6. The van der Waals surface area contributed by atoms with E-state index in [1.54, 1.807) is 0 Å². The number of nitrogens with one attached hydrogen (secondary N) is 1. The van der Waals surface area contributed by atoms with Gasteiger partial charge in [-0.3, -0.25) is 14.5 Å². The summed E-state index contributed by atoms with van der Waals surface area (Å²) in [7, 11) is 1.86. The largest absolute Gasteiger partial charge is 0.462 e. The lowest BCUT2D eigenvalue weighted by atomic mass is 9.74. The summed E-state index contributed by atoms with van der Waals surface area (Å²) in [6.45, 7) is 4.54. The molecule has 1 aliphatic carbocycles. The molecule has 224 valence electrons. The van der Waals surface area contributed by atoms with Crippen LogP contribution in [0.15, 0.2) is 30.6 Å². The number of carbonyl (C=O) groups excluding carboxylic acids is 2. The maximum atomic E-state index is 14.0. The smallest absolute Gasteiger partial charge is 0.318 e. The van der Waals surface area contributed by atoms with Gasteiger partial charge in [-0.15, -0.1) is 0 Å². The van der Waals surface area contributed by atoms with Gasteiger partial charge in [-0.1, -0.05) is 30.3 Å². The van der Waals surface area contributed by atoms with Gasteiger partial charge >= 0.3 is 6.01 Å². The van der Waals surface area contributed by atoms with E-state index in [4.69, 9.17) is 32.0 Å². The van der Waals surface area contributed by atoms with Crippen LogP contribution < -0.4 is 20.7 Å². The summed E-state index contributed by atoms with van der Waals surface area (Å²) in [5.74, 6) is -1.55. The fraction of sp³-hybridized carbons (Fsp3) is 0.517. The molecule has 0 bridgehead atoms. The minimum atomic E-state index is -1.04. The van der Waals surface area contributed by atoms with Crippen molar-refractivity contribution in [1.29, 1.82) is 0 Å². The molecule has 1 aromatic carbocycles. The average Bonchev–Trinajstić information content (AvgIpc) is 3.51. The zero-order chi connectivity index (χ0) is 29.8. The molecule has 2 saturated heterocycles. The summed E-state index contributed by atoms with van der Waals surface area (Å²) in [6.07, 6.45) is 1.02. The molecular weight excluding hydrogens is 568 g/mol. The molecule has 2 amide bonds. The van der Waals surface area contributed by atoms with Crippen molar-refractivity contribution < 1.29 is 23.1 Å². The number of carbonyl (C=O) groups is 2. The second kappa shape index (κ2) is 11.1. The van der Waals surface area contributed by atoms with E-state index in [2.05, 4.69) is 11.9 Å². The van der Waals surface area contributed by atoms with Gasteiger partial charge in [0.05, 0.1) is 17.2 Å². The lowest BCUT2D eigenvalue weighted by Gasteiger charge is -2.42. The molecule has 10 nitrogen and oxygen atoms in total. The van der Waals surface area contributed by atoms with Crippen LogP contribution in [0.5, 0.6) is 6.01 Å². The maximum absolute atomic E-state index is 14.0. The summed E-state index contributed by atoms with van der Waals surface area (Å²) < 4.78 is 33.8. The number of anilines is 2. The van der Waals surface area contributed by atoms with Crippen LogP contribution in [0, 0.1) is 0 Å². The van der Waals surface area contributed by atoms with Crippen LogP contribution in [0.3, 0.4) is 0 Å². The van der Waals surface area contributed by atoms with Gasteiger partial charge < -0.3 is 25.6 Å². The minimum Gasteiger partial charge on any atom is -0.462 e. The van der Waals surface area contributed by atoms with Crippen LogP contribution in [-0.2, 0) is 27.8 Å². The Labute approximate surface area is 247 Å². The van der Waals surface area contributed by atoms with Crippen LogP contribution in [0.25, 0.3) is 0 Å². The molecule has 6 rings (SSSR count). The highest BCUT2D eigenvalue weighted by molar-refractivity contribution is 6.31. The number of benzene rings is 1. The molecule has 2 aromatic rings. The number of likely N-dealkylation sites (tertiary alicyclic amines) is 1. The Hall–Kier alpha value is -3.35. The maximum Gasteiger partial charge on any atom is 0.318 e. The second-order valence-corrected chi connectivity index (χ2v) is 12.0. The summed E-state index contributed by atoms with van der Waals surface area (Å²) in [4.78, 5) is 40.9. The number of amides is 2. The predicted molar refractivity (Wildman–Crippen MR) is 154 cm³/mol. The molecule has 3 aliphatic heterocycles. The van der Waals surface area contributed by atoms with Gasteiger partial charge in [-0.05, 0) is 43.5 Å². The van der Waals surface area contributed by atoms with Gasteiger partial charge in [0.1, 0.15) is 18.5 Å². The van der Waals surface area contributed by atoms with Crippen molar-refractivity contribution in [1.82, 2.24) is 19.8 Å². The molecule has 0 saturated carbocycles. The Balaban J connectivity index is 1.36. The fourth-order valence-electron chi connectivity index (χ4n) is 6.82. The lowest BCUT2D eigenvalue weighted by molar-refractivity contribution is -0.131. The second-order valence-electron chi connectivity index (χ2n) is 11.6. The Morgan fingerprint density at radius 1 is 1.29 bits per heavy atom. The topological polar surface area (TPSA) is 117 Å². The first kappa shape index (κ1) is 28.8. The molecule has 2 fully saturated rings. The molecule has 4 aliphatic rings. The number of hydrogen-bond donors (Lipinski definition) is 2. The normalized spacial score (nSPS) is 27.2. The Bertz CT molecular complexity index is 1440. The van der Waals surface area contributed by atoms with Crippen LogP contribution >= 0.6 is 11.6 Å². The molecule has 13 heteroatoms. The molecular formula is C29H34ClF2N7O3. The van der Waals surface area contributed by atoms with Crippen molar-refractivity contribution in [3.8, 4) is 6.01 Å². The highest BCUT2D eigenvalue weighted by Crippen LogP contribution is 2.49. The SMILES string of the molecule is C=C(F)C(=O)N1CCN(c2nc(OC[C@@H]3C[C@@H](F)CN3C)nc3c2NC(=O)C2(CCc4c(Cl)cccc42)C3)C[C@@H]1CN. The van der Waals surface area contributed by atoms with Crippen molar-refractivity contribution in [2.24, 2.45) is 5.73 Å². The standard InChI is InChI=1S/C29H34ClF2N7O3/c1-16(31)26(40)39-9-8-38(14-19(39)12-33)25-24-23(34-28(36-25)42-15-18-10-17(32)13-37(18)2)11-29(27(41)35-24)7-6-20-21(29)4-3-5-22(20)30/h3-5,17-19H,1,6-15,33H2,2H3,(H,35,41)/t17-,18+,19+,29?/m1/s1. The number of hydrogen-bond acceptors (Lipinski definition) is 8.